The number of anilines is 2. The molecule has 18 heavy (non-hydrogen) atoms. The molecule has 2 rings (SSSR count). The van der Waals surface area contributed by atoms with Gasteiger partial charge in [-0.15, -0.1) is 0 Å². The average Bonchev–Trinajstić information content (AvgIpc) is 2.39. The van der Waals surface area contributed by atoms with Gasteiger partial charge in [0.25, 0.3) is 0 Å². The van der Waals surface area contributed by atoms with Crippen LogP contribution in [0.5, 0.6) is 0 Å². The molecule has 0 amide bonds. The van der Waals surface area contributed by atoms with Crippen LogP contribution < -0.4 is 4.90 Å². The van der Waals surface area contributed by atoms with Crippen molar-refractivity contribution in [2.45, 2.75) is 13.0 Å². The highest BCUT2D eigenvalue weighted by Crippen LogP contribution is 2.30. The number of benzene rings is 2. The van der Waals surface area contributed by atoms with E-state index >= 15 is 0 Å². The van der Waals surface area contributed by atoms with Crippen LogP contribution in [-0.4, -0.2) is 12.2 Å². The van der Waals surface area contributed by atoms with E-state index in [4.69, 9.17) is 0 Å². The number of hydrogen-bond donors (Lipinski definition) is 1. The molecule has 0 spiro atoms. The van der Waals surface area contributed by atoms with Gasteiger partial charge in [-0.05, 0) is 37.3 Å². The smallest absolute Gasteiger partial charge is 0.123 e. The van der Waals surface area contributed by atoms with E-state index in [0.717, 1.165) is 16.9 Å². The Morgan fingerprint density at radius 3 is 2.28 bits per heavy atom. The van der Waals surface area contributed by atoms with Gasteiger partial charge in [0.15, 0.2) is 0 Å². The third kappa shape index (κ3) is 2.51. The zero-order chi connectivity index (χ0) is 13.1. The molecule has 0 saturated heterocycles. The standard InChI is InChI=1S/C15H16FNO/c1-11(18)14-5-3-4-6-15(14)17(2)13-9-7-12(16)8-10-13/h3-11,18H,1-2H3. The summed E-state index contributed by atoms with van der Waals surface area (Å²) in [7, 11) is 1.90. The van der Waals surface area contributed by atoms with Crippen LogP contribution >= 0.6 is 0 Å². The largest absolute Gasteiger partial charge is 0.389 e. The molecule has 2 nitrogen and oxygen atoms in total. The summed E-state index contributed by atoms with van der Waals surface area (Å²) in [5.41, 5.74) is 2.65. The first-order chi connectivity index (χ1) is 8.59. The second-order valence-corrected chi connectivity index (χ2v) is 4.27. The van der Waals surface area contributed by atoms with Crippen molar-refractivity contribution in [3.63, 3.8) is 0 Å². The van der Waals surface area contributed by atoms with E-state index in [0.29, 0.717) is 0 Å². The Balaban J connectivity index is 2.39. The Kier molecular flexibility index (Phi) is 3.63. The van der Waals surface area contributed by atoms with Crippen LogP contribution in [0.3, 0.4) is 0 Å². The van der Waals surface area contributed by atoms with Crippen molar-refractivity contribution in [3.05, 3.63) is 59.9 Å². The van der Waals surface area contributed by atoms with Crippen LogP contribution in [0.4, 0.5) is 15.8 Å². The Morgan fingerprint density at radius 1 is 1.06 bits per heavy atom. The number of para-hydroxylation sites is 1. The minimum atomic E-state index is -0.538. The third-order valence-electron chi connectivity index (χ3n) is 2.96. The number of hydrogen-bond acceptors (Lipinski definition) is 2. The topological polar surface area (TPSA) is 23.5 Å². The molecule has 3 heteroatoms. The van der Waals surface area contributed by atoms with E-state index in [1.165, 1.54) is 12.1 Å². The lowest BCUT2D eigenvalue weighted by molar-refractivity contribution is 0.200. The molecule has 0 heterocycles. The Morgan fingerprint density at radius 2 is 1.67 bits per heavy atom. The van der Waals surface area contributed by atoms with Crippen molar-refractivity contribution >= 4 is 11.4 Å². The summed E-state index contributed by atoms with van der Waals surface area (Å²) in [6.07, 6.45) is -0.538. The third-order valence-corrected chi connectivity index (χ3v) is 2.96. The van der Waals surface area contributed by atoms with Crippen molar-refractivity contribution in [2.75, 3.05) is 11.9 Å². The number of halogens is 1. The summed E-state index contributed by atoms with van der Waals surface area (Å²) in [4.78, 5) is 1.93. The van der Waals surface area contributed by atoms with Gasteiger partial charge in [-0.1, -0.05) is 18.2 Å². The van der Waals surface area contributed by atoms with E-state index in [2.05, 4.69) is 0 Å². The predicted octanol–water partition coefficient (Wildman–Crippen LogP) is 3.65. The summed E-state index contributed by atoms with van der Waals surface area (Å²) >= 11 is 0. The first-order valence-electron chi connectivity index (χ1n) is 5.86. The van der Waals surface area contributed by atoms with Crippen LogP contribution in [0.1, 0.15) is 18.6 Å². The van der Waals surface area contributed by atoms with Gasteiger partial charge in [0.05, 0.1) is 6.10 Å². The van der Waals surface area contributed by atoms with Gasteiger partial charge in [-0.25, -0.2) is 4.39 Å². The second kappa shape index (κ2) is 5.19. The van der Waals surface area contributed by atoms with Crippen molar-refractivity contribution in [3.8, 4) is 0 Å². The summed E-state index contributed by atoms with van der Waals surface area (Å²) < 4.78 is 12.9. The normalized spacial score (nSPS) is 12.2. The lowest BCUT2D eigenvalue weighted by Crippen LogP contribution is -2.12. The van der Waals surface area contributed by atoms with Gasteiger partial charge in [0.2, 0.25) is 0 Å². The van der Waals surface area contributed by atoms with Crippen LogP contribution in [0.25, 0.3) is 0 Å². The summed E-state index contributed by atoms with van der Waals surface area (Å²) in [5.74, 6) is -0.254. The maximum atomic E-state index is 12.9. The zero-order valence-corrected chi connectivity index (χ0v) is 10.5. The van der Waals surface area contributed by atoms with Gasteiger partial charge < -0.3 is 10.0 Å². The molecule has 0 aliphatic rings. The number of aliphatic hydroxyl groups is 1. The second-order valence-electron chi connectivity index (χ2n) is 4.27. The van der Waals surface area contributed by atoms with Crippen molar-refractivity contribution in [1.29, 1.82) is 0 Å². The molecular formula is C15H16FNO. The molecule has 0 bridgehead atoms. The zero-order valence-electron chi connectivity index (χ0n) is 10.5. The number of aliphatic hydroxyl groups excluding tert-OH is 1. The molecule has 0 aromatic heterocycles. The van der Waals surface area contributed by atoms with Gasteiger partial charge >= 0.3 is 0 Å². The first-order valence-corrected chi connectivity index (χ1v) is 5.86. The van der Waals surface area contributed by atoms with E-state index in [9.17, 15) is 9.50 Å². The fourth-order valence-corrected chi connectivity index (χ4v) is 1.95. The molecule has 2 aromatic rings. The highest BCUT2D eigenvalue weighted by atomic mass is 19.1. The molecule has 94 valence electrons. The fraction of sp³-hybridized carbons (Fsp3) is 0.200. The van der Waals surface area contributed by atoms with Crippen molar-refractivity contribution < 1.29 is 9.50 Å². The quantitative estimate of drug-likeness (QED) is 0.892. The van der Waals surface area contributed by atoms with Gasteiger partial charge in [-0.2, -0.15) is 0 Å². The van der Waals surface area contributed by atoms with E-state index < -0.39 is 6.10 Å². The van der Waals surface area contributed by atoms with Gasteiger partial charge in [0.1, 0.15) is 5.82 Å². The molecule has 2 aromatic carbocycles. The minimum Gasteiger partial charge on any atom is -0.389 e. The maximum Gasteiger partial charge on any atom is 0.123 e. The molecule has 1 atom stereocenters. The summed E-state index contributed by atoms with van der Waals surface area (Å²) in [6.45, 7) is 1.73. The number of rotatable bonds is 3. The lowest BCUT2D eigenvalue weighted by atomic mass is 10.1. The fourth-order valence-electron chi connectivity index (χ4n) is 1.95. The summed E-state index contributed by atoms with van der Waals surface area (Å²) in [5, 5.41) is 9.76. The van der Waals surface area contributed by atoms with E-state index in [-0.39, 0.29) is 5.82 Å². The van der Waals surface area contributed by atoms with Gasteiger partial charge in [0, 0.05) is 24.0 Å². The lowest BCUT2D eigenvalue weighted by Gasteiger charge is -2.23. The minimum absolute atomic E-state index is 0.254. The summed E-state index contributed by atoms with van der Waals surface area (Å²) in [6, 6.07) is 13.9. The van der Waals surface area contributed by atoms with Crippen molar-refractivity contribution in [1.82, 2.24) is 0 Å². The average molecular weight is 245 g/mol. The first kappa shape index (κ1) is 12.6. The Bertz CT molecular complexity index is 522. The molecule has 0 fully saturated rings. The Labute approximate surface area is 106 Å². The predicted molar refractivity (Wildman–Crippen MR) is 71.5 cm³/mol. The molecule has 0 aliphatic heterocycles. The van der Waals surface area contributed by atoms with Crippen LogP contribution in [0.2, 0.25) is 0 Å². The highest BCUT2D eigenvalue weighted by Gasteiger charge is 2.12. The molecule has 1 N–H and O–H groups in total. The molecular weight excluding hydrogens is 229 g/mol. The maximum absolute atomic E-state index is 12.9. The van der Waals surface area contributed by atoms with E-state index in [1.807, 2.05) is 36.2 Å². The van der Waals surface area contributed by atoms with Crippen LogP contribution in [0, 0.1) is 5.82 Å². The molecule has 0 saturated carbocycles. The van der Waals surface area contributed by atoms with Crippen molar-refractivity contribution in [2.24, 2.45) is 0 Å². The van der Waals surface area contributed by atoms with E-state index in [1.54, 1.807) is 19.1 Å². The monoisotopic (exact) mass is 245 g/mol. The number of nitrogens with zero attached hydrogens (tertiary/aromatic N) is 1. The highest BCUT2D eigenvalue weighted by molar-refractivity contribution is 5.66. The SMILES string of the molecule is CC(O)c1ccccc1N(C)c1ccc(F)cc1. The molecule has 1 unspecified atom stereocenters. The Hall–Kier alpha value is -1.87. The van der Waals surface area contributed by atoms with Gasteiger partial charge in [-0.3, -0.25) is 0 Å². The van der Waals surface area contributed by atoms with Crippen LogP contribution in [-0.2, 0) is 0 Å². The molecule has 0 radical (unpaired) electrons. The van der Waals surface area contributed by atoms with Crippen LogP contribution in [0.15, 0.2) is 48.5 Å². The molecule has 0 aliphatic carbocycles.